The van der Waals surface area contributed by atoms with Gasteiger partial charge in [-0.3, -0.25) is 9.69 Å². The highest BCUT2D eigenvalue weighted by molar-refractivity contribution is 5.95. The van der Waals surface area contributed by atoms with Gasteiger partial charge in [-0.1, -0.05) is 59.7 Å². The third-order valence-electron chi connectivity index (χ3n) is 6.67. The molecule has 6 heteroatoms. The van der Waals surface area contributed by atoms with E-state index in [1.54, 1.807) is 4.68 Å². The molecule has 1 saturated heterocycles. The van der Waals surface area contributed by atoms with E-state index in [1.165, 1.54) is 16.7 Å². The van der Waals surface area contributed by atoms with Gasteiger partial charge in [0.1, 0.15) is 6.54 Å². The van der Waals surface area contributed by atoms with Crippen LogP contribution < -0.4 is 0 Å². The molecular formula is C28H31N5O. The first-order chi connectivity index (χ1) is 16.5. The summed E-state index contributed by atoms with van der Waals surface area (Å²) in [7, 11) is 0. The molecule has 2 aromatic heterocycles. The second-order valence-electron chi connectivity index (χ2n) is 9.31. The fraction of sp³-hybridized carbons (Fsp3) is 0.321. The Labute approximate surface area is 200 Å². The van der Waals surface area contributed by atoms with Crippen molar-refractivity contribution < 1.29 is 4.79 Å². The first kappa shape index (κ1) is 22.3. The zero-order valence-corrected chi connectivity index (χ0v) is 20.2. The highest BCUT2D eigenvalue weighted by atomic mass is 16.2. The molecule has 0 radical (unpaired) electrons. The van der Waals surface area contributed by atoms with E-state index in [0.717, 1.165) is 60.6 Å². The van der Waals surface area contributed by atoms with Gasteiger partial charge < -0.3 is 4.90 Å². The van der Waals surface area contributed by atoms with E-state index in [0.29, 0.717) is 0 Å². The van der Waals surface area contributed by atoms with Crippen LogP contribution in [-0.4, -0.2) is 56.7 Å². The number of aryl methyl sites for hydroxylation is 3. The van der Waals surface area contributed by atoms with Crippen molar-refractivity contribution in [2.45, 2.75) is 33.9 Å². The molecule has 1 fully saturated rings. The predicted octanol–water partition coefficient (Wildman–Crippen LogP) is 4.37. The van der Waals surface area contributed by atoms with Gasteiger partial charge in [0, 0.05) is 44.3 Å². The second-order valence-corrected chi connectivity index (χ2v) is 9.31. The minimum Gasteiger partial charge on any atom is -0.339 e. The lowest BCUT2D eigenvalue weighted by molar-refractivity contribution is -0.133. The summed E-state index contributed by atoms with van der Waals surface area (Å²) in [4.78, 5) is 22.1. The lowest BCUT2D eigenvalue weighted by Gasteiger charge is -2.34. The van der Waals surface area contributed by atoms with E-state index in [4.69, 9.17) is 5.10 Å². The Balaban J connectivity index is 1.28. The van der Waals surface area contributed by atoms with E-state index < -0.39 is 0 Å². The van der Waals surface area contributed by atoms with E-state index >= 15 is 0 Å². The van der Waals surface area contributed by atoms with Gasteiger partial charge in [0.05, 0.1) is 5.69 Å². The smallest absolute Gasteiger partial charge is 0.244 e. The van der Waals surface area contributed by atoms with Gasteiger partial charge in [0.2, 0.25) is 5.91 Å². The SMILES string of the molecule is Cc1ccc(CN2CCN(C(=O)Cn3nc(C)c4c(-c5cccc(C)c5)ccnc43)CC2)cc1. The molecule has 1 amide bonds. The van der Waals surface area contributed by atoms with Gasteiger partial charge in [0.15, 0.2) is 5.65 Å². The summed E-state index contributed by atoms with van der Waals surface area (Å²) in [5, 5.41) is 5.72. The molecule has 0 aliphatic carbocycles. The number of hydrogen-bond acceptors (Lipinski definition) is 4. The first-order valence-electron chi connectivity index (χ1n) is 11.9. The Hall–Kier alpha value is -3.51. The van der Waals surface area contributed by atoms with Crippen LogP contribution in [0.1, 0.15) is 22.4 Å². The van der Waals surface area contributed by atoms with Gasteiger partial charge >= 0.3 is 0 Å². The number of pyridine rings is 1. The molecule has 4 aromatic rings. The highest BCUT2D eigenvalue weighted by Crippen LogP contribution is 2.30. The molecule has 0 saturated carbocycles. The van der Waals surface area contributed by atoms with Crippen LogP contribution in [-0.2, 0) is 17.9 Å². The Morgan fingerprint density at radius 3 is 2.41 bits per heavy atom. The number of aromatic nitrogens is 3. The normalized spacial score (nSPS) is 14.6. The predicted molar refractivity (Wildman–Crippen MR) is 135 cm³/mol. The van der Waals surface area contributed by atoms with Crippen LogP contribution >= 0.6 is 0 Å². The van der Waals surface area contributed by atoms with Crippen molar-refractivity contribution in [3.05, 3.63) is 83.2 Å². The molecule has 174 valence electrons. The molecule has 0 bridgehead atoms. The largest absolute Gasteiger partial charge is 0.339 e. The van der Waals surface area contributed by atoms with Gasteiger partial charge in [0.25, 0.3) is 0 Å². The number of amides is 1. The van der Waals surface area contributed by atoms with Crippen LogP contribution in [0.25, 0.3) is 22.2 Å². The minimum atomic E-state index is 0.0992. The third kappa shape index (κ3) is 4.59. The molecule has 1 aliphatic heterocycles. The van der Waals surface area contributed by atoms with E-state index in [9.17, 15) is 4.79 Å². The molecule has 2 aromatic carbocycles. The van der Waals surface area contributed by atoms with Gasteiger partial charge in [-0.15, -0.1) is 0 Å². The number of benzene rings is 2. The van der Waals surface area contributed by atoms with Gasteiger partial charge in [-0.25, -0.2) is 9.67 Å². The summed E-state index contributed by atoms with van der Waals surface area (Å²) < 4.78 is 1.77. The molecule has 6 nitrogen and oxygen atoms in total. The average molecular weight is 454 g/mol. The van der Waals surface area contributed by atoms with Crippen molar-refractivity contribution in [3.8, 4) is 11.1 Å². The van der Waals surface area contributed by atoms with Crippen LogP contribution in [0.5, 0.6) is 0 Å². The molecule has 34 heavy (non-hydrogen) atoms. The summed E-state index contributed by atoms with van der Waals surface area (Å²) in [5.41, 5.74) is 7.73. The van der Waals surface area contributed by atoms with Crippen LogP contribution in [0, 0.1) is 20.8 Å². The maximum atomic E-state index is 13.1. The molecule has 5 rings (SSSR count). The zero-order chi connectivity index (χ0) is 23.7. The molecule has 3 heterocycles. The molecule has 1 aliphatic rings. The summed E-state index contributed by atoms with van der Waals surface area (Å²) in [5.74, 6) is 0.0992. The zero-order valence-electron chi connectivity index (χ0n) is 20.2. The summed E-state index contributed by atoms with van der Waals surface area (Å²) in [6.07, 6.45) is 1.81. The highest BCUT2D eigenvalue weighted by Gasteiger charge is 2.23. The van der Waals surface area contributed by atoms with Crippen molar-refractivity contribution >= 4 is 16.9 Å². The third-order valence-corrected chi connectivity index (χ3v) is 6.67. The fourth-order valence-electron chi connectivity index (χ4n) is 4.78. The average Bonchev–Trinajstić information content (AvgIpc) is 3.16. The number of hydrogen-bond donors (Lipinski definition) is 0. The van der Waals surface area contributed by atoms with Crippen molar-refractivity contribution in [1.29, 1.82) is 0 Å². The first-order valence-corrected chi connectivity index (χ1v) is 11.9. The monoisotopic (exact) mass is 453 g/mol. The Morgan fingerprint density at radius 2 is 1.68 bits per heavy atom. The lowest BCUT2D eigenvalue weighted by Crippen LogP contribution is -2.49. The Kier molecular flexibility index (Phi) is 6.16. The fourth-order valence-corrected chi connectivity index (χ4v) is 4.78. The Bertz CT molecular complexity index is 1320. The summed E-state index contributed by atoms with van der Waals surface area (Å²) >= 11 is 0. The molecule has 0 spiro atoms. The van der Waals surface area contributed by atoms with Crippen LogP contribution in [0.15, 0.2) is 60.8 Å². The summed E-state index contributed by atoms with van der Waals surface area (Å²) in [6.45, 7) is 10.6. The molecular weight excluding hydrogens is 422 g/mol. The maximum Gasteiger partial charge on any atom is 0.244 e. The Morgan fingerprint density at radius 1 is 0.912 bits per heavy atom. The van der Waals surface area contributed by atoms with Crippen molar-refractivity contribution in [1.82, 2.24) is 24.6 Å². The number of fused-ring (bicyclic) bond motifs is 1. The number of carbonyl (C=O) groups is 1. The van der Waals surface area contributed by atoms with E-state index in [1.807, 2.05) is 24.1 Å². The van der Waals surface area contributed by atoms with Crippen LogP contribution in [0.2, 0.25) is 0 Å². The second kappa shape index (κ2) is 9.39. The van der Waals surface area contributed by atoms with Crippen molar-refractivity contribution in [3.63, 3.8) is 0 Å². The van der Waals surface area contributed by atoms with Crippen molar-refractivity contribution in [2.24, 2.45) is 0 Å². The van der Waals surface area contributed by atoms with Gasteiger partial charge in [-0.2, -0.15) is 5.10 Å². The number of piperazine rings is 1. The molecule has 0 unspecified atom stereocenters. The van der Waals surface area contributed by atoms with Crippen LogP contribution in [0.3, 0.4) is 0 Å². The van der Waals surface area contributed by atoms with Crippen LogP contribution in [0.4, 0.5) is 0 Å². The topological polar surface area (TPSA) is 54.3 Å². The minimum absolute atomic E-state index is 0.0992. The number of nitrogens with zero attached hydrogens (tertiary/aromatic N) is 5. The number of rotatable bonds is 5. The van der Waals surface area contributed by atoms with Crippen molar-refractivity contribution in [2.75, 3.05) is 26.2 Å². The maximum absolute atomic E-state index is 13.1. The lowest BCUT2D eigenvalue weighted by atomic mass is 10.0. The standard InChI is InChI=1S/C28H31N5O/c1-20-7-9-23(10-8-20)18-31-13-15-32(16-14-31)26(34)19-33-28-27(22(3)30-33)25(11-12-29-28)24-6-4-5-21(2)17-24/h4-12,17H,13-16,18-19H2,1-3H3. The quantitative estimate of drug-likeness (QED) is 0.450. The molecule has 0 N–H and O–H groups in total. The van der Waals surface area contributed by atoms with E-state index in [-0.39, 0.29) is 12.5 Å². The summed E-state index contributed by atoms with van der Waals surface area (Å²) in [6, 6.07) is 19.2. The van der Waals surface area contributed by atoms with Gasteiger partial charge in [-0.05, 0) is 43.5 Å². The molecule has 0 atom stereocenters. The number of carbonyl (C=O) groups excluding carboxylic acids is 1. The van der Waals surface area contributed by atoms with E-state index in [2.05, 4.69) is 72.3 Å².